The molecule has 2 aliphatic heterocycles. The Balaban J connectivity index is 1.54. The zero-order chi connectivity index (χ0) is 20.2. The zero-order valence-corrected chi connectivity index (χ0v) is 17.5. The fourth-order valence-corrected chi connectivity index (χ4v) is 4.88. The Morgan fingerprint density at radius 1 is 1.31 bits per heavy atom. The van der Waals surface area contributed by atoms with Crippen molar-refractivity contribution in [2.24, 2.45) is 0 Å². The lowest BCUT2D eigenvalue weighted by atomic mass is 9.94. The second-order valence-corrected chi connectivity index (χ2v) is 9.03. The van der Waals surface area contributed by atoms with Gasteiger partial charge in [-0.05, 0) is 38.5 Å². The molecule has 0 unspecified atom stereocenters. The minimum atomic E-state index is -0.273. The SMILES string of the molecule is CCn1cc(-c2ccc3c(c2)N(c2nc4c(s2)C(=O)NC(C)(C)C4)CCO3)cn1. The molecule has 5 rings (SSSR count). The number of thiazole rings is 1. The van der Waals surface area contributed by atoms with Crippen molar-refractivity contribution in [1.29, 1.82) is 0 Å². The lowest BCUT2D eigenvalue weighted by molar-refractivity contribution is 0.0901. The second kappa shape index (κ2) is 6.59. The molecular formula is C21H23N5O2S. The van der Waals surface area contributed by atoms with E-state index in [-0.39, 0.29) is 11.4 Å². The summed E-state index contributed by atoms with van der Waals surface area (Å²) in [5.41, 5.74) is 3.74. The highest BCUT2D eigenvalue weighted by molar-refractivity contribution is 7.17. The third-order valence-corrected chi connectivity index (χ3v) is 6.42. The van der Waals surface area contributed by atoms with E-state index in [4.69, 9.17) is 9.72 Å². The highest BCUT2D eigenvalue weighted by Crippen LogP contribution is 2.42. The van der Waals surface area contributed by atoms with Gasteiger partial charge in [-0.1, -0.05) is 17.4 Å². The van der Waals surface area contributed by atoms with Gasteiger partial charge in [0.25, 0.3) is 5.91 Å². The third kappa shape index (κ3) is 3.17. The predicted molar refractivity (Wildman–Crippen MR) is 113 cm³/mol. The first-order valence-electron chi connectivity index (χ1n) is 9.83. The van der Waals surface area contributed by atoms with Crippen LogP contribution in [-0.4, -0.2) is 39.4 Å². The van der Waals surface area contributed by atoms with Crippen LogP contribution in [0.25, 0.3) is 11.1 Å². The van der Waals surface area contributed by atoms with Gasteiger partial charge < -0.3 is 15.0 Å². The number of nitrogens with one attached hydrogen (secondary N) is 1. The van der Waals surface area contributed by atoms with Gasteiger partial charge >= 0.3 is 0 Å². The first-order valence-corrected chi connectivity index (χ1v) is 10.6. The van der Waals surface area contributed by atoms with E-state index in [2.05, 4.69) is 34.4 Å². The summed E-state index contributed by atoms with van der Waals surface area (Å²) < 4.78 is 7.80. The standard InChI is InChI=1S/C21H23N5O2S/c1-4-25-12-14(11-22-25)13-5-6-17-16(9-13)26(7-8-28-17)20-23-15-10-21(2,3)24-19(27)18(15)29-20/h5-6,9,11-12H,4,7-8,10H2,1-3H3,(H,24,27). The van der Waals surface area contributed by atoms with Crippen LogP contribution in [-0.2, 0) is 13.0 Å². The average molecular weight is 410 g/mol. The summed E-state index contributed by atoms with van der Waals surface area (Å²) in [6, 6.07) is 6.18. The van der Waals surface area contributed by atoms with Gasteiger partial charge in [-0.2, -0.15) is 5.10 Å². The molecule has 1 aromatic carbocycles. The van der Waals surface area contributed by atoms with Gasteiger partial charge in [0.2, 0.25) is 0 Å². The maximum atomic E-state index is 12.5. The van der Waals surface area contributed by atoms with E-state index in [0.717, 1.165) is 46.4 Å². The monoisotopic (exact) mass is 409 g/mol. The van der Waals surface area contributed by atoms with Crippen LogP contribution >= 0.6 is 11.3 Å². The predicted octanol–water partition coefficient (Wildman–Crippen LogP) is 3.62. The van der Waals surface area contributed by atoms with E-state index in [1.165, 1.54) is 11.3 Å². The number of amides is 1. The summed E-state index contributed by atoms with van der Waals surface area (Å²) in [4.78, 5) is 20.2. The van der Waals surface area contributed by atoms with Crippen LogP contribution in [0.5, 0.6) is 5.75 Å². The molecule has 0 radical (unpaired) electrons. The number of hydrogen-bond donors (Lipinski definition) is 1. The van der Waals surface area contributed by atoms with Crippen molar-refractivity contribution in [3.05, 3.63) is 41.2 Å². The highest BCUT2D eigenvalue weighted by atomic mass is 32.1. The number of fused-ring (bicyclic) bond motifs is 2. The van der Waals surface area contributed by atoms with Crippen LogP contribution in [0.1, 0.15) is 36.1 Å². The molecule has 150 valence electrons. The number of nitrogens with zero attached hydrogens (tertiary/aromatic N) is 4. The Labute approximate surface area is 173 Å². The topological polar surface area (TPSA) is 72.3 Å². The highest BCUT2D eigenvalue weighted by Gasteiger charge is 2.34. The van der Waals surface area contributed by atoms with Crippen LogP contribution in [0.2, 0.25) is 0 Å². The Morgan fingerprint density at radius 2 is 2.17 bits per heavy atom. The molecule has 0 aliphatic carbocycles. The lowest BCUT2D eigenvalue weighted by Gasteiger charge is -2.29. The van der Waals surface area contributed by atoms with E-state index < -0.39 is 0 Å². The van der Waals surface area contributed by atoms with Crippen molar-refractivity contribution >= 4 is 28.1 Å². The molecule has 2 aliphatic rings. The molecule has 0 atom stereocenters. The van der Waals surface area contributed by atoms with Gasteiger partial charge in [-0.15, -0.1) is 0 Å². The van der Waals surface area contributed by atoms with Crippen molar-refractivity contribution in [2.75, 3.05) is 18.1 Å². The molecular weight excluding hydrogens is 386 g/mol. The van der Waals surface area contributed by atoms with Crippen LogP contribution in [0, 0.1) is 0 Å². The van der Waals surface area contributed by atoms with Crippen LogP contribution in [0.3, 0.4) is 0 Å². The molecule has 1 N–H and O–H groups in total. The smallest absolute Gasteiger partial charge is 0.263 e. The summed E-state index contributed by atoms with van der Waals surface area (Å²) in [5.74, 6) is 0.801. The fourth-order valence-electron chi connectivity index (χ4n) is 3.86. The Morgan fingerprint density at radius 3 is 2.97 bits per heavy atom. The van der Waals surface area contributed by atoms with E-state index in [0.29, 0.717) is 18.0 Å². The van der Waals surface area contributed by atoms with Crippen LogP contribution < -0.4 is 15.0 Å². The van der Waals surface area contributed by atoms with E-state index in [9.17, 15) is 4.79 Å². The molecule has 0 saturated heterocycles. The van der Waals surface area contributed by atoms with Crippen molar-refractivity contribution in [2.45, 2.75) is 39.3 Å². The number of carbonyl (C=O) groups is 1. The summed E-state index contributed by atoms with van der Waals surface area (Å²) in [7, 11) is 0. The molecule has 2 aromatic heterocycles. The number of carbonyl (C=O) groups excluding carboxylic acids is 1. The van der Waals surface area contributed by atoms with Crippen LogP contribution in [0.4, 0.5) is 10.8 Å². The minimum Gasteiger partial charge on any atom is -0.490 e. The summed E-state index contributed by atoms with van der Waals surface area (Å²) in [6.45, 7) is 8.24. The summed E-state index contributed by atoms with van der Waals surface area (Å²) in [5, 5.41) is 8.29. The number of anilines is 2. The maximum absolute atomic E-state index is 12.5. The number of benzene rings is 1. The molecule has 0 bridgehead atoms. The Bertz CT molecular complexity index is 1100. The number of hydrogen-bond acceptors (Lipinski definition) is 6. The molecule has 7 nitrogen and oxygen atoms in total. The summed E-state index contributed by atoms with van der Waals surface area (Å²) >= 11 is 1.45. The number of ether oxygens (including phenoxy) is 1. The van der Waals surface area contributed by atoms with Gasteiger partial charge in [-0.25, -0.2) is 4.98 Å². The molecule has 0 spiro atoms. The lowest BCUT2D eigenvalue weighted by Crippen LogP contribution is -2.48. The molecule has 1 amide bonds. The fraction of sp³-hybridized carbons (Fsp3) is 0.381. The molecule has 4 heterocycles. The second-order valence-electron chi connectivity index (χ2n) is 8.05. The normalized spacial score (nSPS) is 17.3. The van der Waals surface area contributed by atoms with E-state index in [1.807, 2.05) is 37.0 Å². The number of aromatic nitrogens is 3. The Kier molecular flexibility index (Phi) is 4.13. The zero-order valence-electron chi connectivity index (χ0n) is 16.7. The first-order chi connectivity index (χ1) is 13.9. The van der Waals surface area contributed by atoms with Gasteiger partial charge in [0.05, 0.1) is 24.1 Å². The number of rotatable bonds is 3. The van der Waals surface area contributed by atoms with Crippen molar-refractivity contribution < 1.29 is 9.53 Å². The molecule has 8 heteroatoms. The maximum Gasteiger partial charge on any atom is 0.263 e. The average Bonchev–Trinajstić information content (AvgIpc) is 3.33. The molecule has 3 aromatic rings. The van der Waals surface area contributed by atoms with Crippen molar-refractivity contribution in [3.63, 3.8) is 0 Å². The minimum absolute atomic E-state index is 0.0331. The first kappa shape index (κ1) is 18.2. The van der Waals surface area contributed by atoms with Gasteiger partial charge in [0.15, 0.2) is 5.13 Å². The molecule has 29 heavy (non-hydrogen) atoms. The van der Waals surface area contributed by atoms with Gasteiger partial charge in [0, 0.05) is 30.3 Å². The molecule has 0 fully saturated rings. The third-order valence-electron chi connectivity index (χ3n) is 5.30. The summed E-state index contributed by atoms with van der Waals surface area (Å²) in [6.07, 6.45) is 4.66. The van der Waals surface area contributed by atoms with Crippen molar-refractivity contribution in [3.8, 4) is 16.9 Å². The quantitative estimate of drug-likeness (QED) is 0.715. The van der Waals surface area contributed by atoms with E-state index in [1.54, 1.807) is 0 Å². The van der Waals surface area contributed by atoms with Gasteiger partial charge in [0.1, 0.15) is 17.2 Å². The van der Waals surface area contributed by atoms with E-state index >= 15 is 0 Å². The largest absolute Gasteiger partial charge is 0.490 e. The van der Waals surface area contributed by atoms with Crippen molar-refractivity contribution in [1.82, 2.24) is 20.1 Å². The number of aryl methyl sites for hydroxylation is 1. The Hall–Kier alpha value is -2.87. The molecule has 0 saturated carbocycles. The van der Waals surface area contributed by atoms with Gasteiger partial charge in [-0.3, -0.25) is 9.48 Å². The van der Waals surface area contributed by atoms with Crippen LogP contribution in [0.15, 0.2) is 30.6 Å².